The summed E-state index contributed by atoms with van der Waals surface area (Å²) in [5.41, 5.74) is -0.380. The highest BCUT2D eigenvalue weighted by atomic mass is 32.2. The third-order valence-corrected chi connectivity index (χ3v) is 6.98. The van der Waals surface area contributed by atoms with E-state index in [1.165, 1.54) is 15.6 Å². The molecule has 0 fully saturated rings. The average Bonchev–Trinajstić information content (AvgIpc) is 2.87. The summed E-state index contributed by atoms with van der Waals surface area (Å²) in [5.74, 6) is 0. The van der Waals surface area contributed by atoms with Gasteiger partial charge in [0.15, 0.2) is 0 Å². The van der Waals surface area contributed by atoms with E-state index in [2.05, 4.69) is 12.2 Å². The first-order valence-electron chi connectivity index (χ1n) is 7.03. The molecule has 0 bridgehead atoms. The molecule has 0 atom stereocenters. The van der Waals surface area contributed by atoms with Crippen molar-refractivity contribution < 1.29 is 8.42 Å². The van der Waals surface area contributed by atoms with E-state index < -0.39 is 10.0 Å². The first-order chi connectivity index (χ1) is 9.27. The molecule has 6 heteroatoms. The fraction of sp³-hybridized carbons (Fsp3) is 0.714. The molecule has 1 N–H and O–H groups in total. The highest BCUT2D eigenvalue weighted by Crippen LogP contribution is 2.29. The molecule has 116 valence electrons. The van der Waals surface area contributed by atoms with Gasteiger partial charge in [0.25, 0.3) is 0 Å². The minimum absolute atomic E-state index is 0.380. The van der Waals surface area contributed by atoms with Crippen LogP contribution in [0.2, 0.25) is 0 Å². The van der Waals surface area contributed by atoms with E-state index in [1.54, 1.807) is 13.1 Å². The third kappa shape index (κ3) is 3.81. The summed E-state index contributed by atoms with van der Waals surface area (Å²) in [4.78, 5) is 1.33. The number of hydrogen-bond donors (Lipinski definition) is 1. The van der Waals surface area contributed by atoms with E-state index in [1.807, 2.05) is 26.2 Å². The number of nitrogens with zero attached hydrogens (tertiary/aromatic N) is 1. The van der Waals surface area contributed by atoms with Gasteiger partial charge in [0.05, 0.1) is 4.90 Å². The molecule has 1 aromatic rings. The molecule has 0 amide bonds. The maximum absolute atomic E-state index is 12.8. The van der Waals surface area contributed by atoms with Crippen LogP contribution >= 0.6 is 11.3 Å². The van der Waals surface area contributed by atoms with E-state index >= 15 is 0 Å². The number of nitrogens with one attached hydrogen (secondary N) is 1. The average molecular weight is 319 g/mol. The summed E-state index contributed by atoms with van der Waals surface area (Å²) >= 11 is 1.49. The first-order valence-corrected chi connectivity index (χ1v) is 9.35. The molecule has 0 aliphatic heterocycles. The zero-order valence-electron chi connectivity index (χ0n) is 13.1. The molecule has 1 aromatic heterocycles. The van der Waals surface area contributed by atoms with Crippen molar-refractivity contribution in [1.82, 2.24) is 9.62 Å². The lowest BCUT2D eigenvalue weighted by Gasteiger charge is -2.33. The van der Waals surface area contributed by atoms with Crippen LogP contribution in [-0.4, -0.2) is 31.9 Å². The lowest BCUT2D eigenvalue weighted by Crippen LogP contribution is -2.44. The van der Waals surface area contributed by atoms with Gasteiger partial charge >= 0.3 is 0 Å². The summed E-state index contributed by atoms with van der Waals surface area (Å²) in [6.45, 7) is 9.51. The van der Waals surface area contributed by atoms with Crippen LogP contribution in [-0.2, 0) is 16.6 Å². The monoisotopic (exact) mass is 318 g/mol. The zero-order chi connectivity index (χ0) is 15.4. The van der Waals surface area contributed by atoms with Gasteiger partial charge in [0, 0.05) is 24.0 Å². The Morgan fingerprint density at radius 3 is 2.55 bits per heavy atom. The summed E-state index contributed by atoms with van der Waals surface area (Å²) in [6.07, 6.45) is 1.81. The molecule has 0 aromatic carbocycles. The van der Waals surface area contributed by atoms with E-state index in [-0.39, 0.29) is 5.54 Å². The van der Waals surface area contributed by atoms with Crippen LogP contribution < -0.4 is 5.32 Å². The SMILES string of the molecule is CCCNCc1sccc1S(=O)(=O)N(C)C(C)(C)CC. The molecule has 0 saturated carbocycles. The van der Waals surface area contributed by atoms with E-state index in [4.69, 9.17) is 0 Å². The van der Waals surface area contributed by atoms with E-state index in [0.29, 0.717) is 11.4 Å². The first kappa shape index (κ1) is 17.6. The molecule has 20 heavy (non-hydrogen) atoms. The van der Waals surface area contributed by atoms with Crippen molar-refractivity contribution in [2.24, 2.45) is 0 Å². The maximum Gasteiger partial charge on any atom is 0.244 e. The van der Waals surface area contributed by atoms with Crippen molar-refractivity contribution in [1.29, 1.82) is 0 Å². The lowest BCUT2D eigenvalue weighted by molar-refractivity contribution is 0.257. The Balaban J connectivity index is 3.02. The van der Waals surface area contributed by atoms with Crippen molar-refractivity contribution in [3.8, 4) is 0 Å². The van der Waals surface area contributed by atoms with Gasteiger partial charge in [-0.25, -0.2) is 8.42 Å². The number of sulfonamides is 1. The Morgan fingerprint density at radius 1 is 1.35 bits per heavy atom. The van der Waals surface area contributed by atoms with Gasteiger partial charge in [0.2, 0.25) is 10.0 Å². The van der Waals surface area contributed by atoms with Crippen molar-refractivity contribution in [3.63, 3.8) is 0 Å². The Labute approximate surface area is 127 Å². The predicted octanol–water partition coefficient (Wildman–Crippen LogP) is 3.06. The van der Waals surface area contributed by atoms with Crippen LogP contribution in [0.5, 0.6) is 0 Å². The summed E-state index contributed by atoms with van der Waals surface area (Å²) in [7, 11) is -1.76. The summed E-state index contributed by atoms with van der Waals surface area (Å²) < 4.78 is 27.0. The van der Waals surface area contributed by atoms with Gasteiger partial charge in [0.1, 0.15) is 0 Å². The van der Waals surface area contributed by atoms with E-state index in [9.17, 15) is 8.42 Å². The second kappa shape index (κ2) is 7.02. The van der Waals surface area contributed by atoms with Gasteiger partial charge < -0.3 is 5.32 Å². The molecular weight excluding hydrogens is 292 g/mol. The predicted molar refractivity (Wildman–Crippen MR) is 85.6 cm³/mol. The van der Waals surface area contributed by atoms with Crippen LogP contribution in [0.1, 0.15) is 45.4 Å². The quantitative estimate of drug-likeness (QED) is 0.750. The van der Waals surface area contributed by atoms with Crippen LogP contribution in [0.4, 0.5) is 0 Å². The fourth-order valence-corrected chi connectivity index (χ4v) is 4.72. The van der Waals surface area contributed by atoms with Gasteiger partial charge in [-0.3, -0.25) is 0 Å². The van der Waals surface area contributed by atoms with Gasteiger partial charge in [-0.05, 0) is 44.7 Å². The van der Waals surface area contributed by atoms with Crippen molar-refractivity contribution >= 4 is 21.4 Å². The van der Waals surface area contributed by atoms with E-state index in [0.717, 1.165) is 24.3 Å². The topological polar surface area (TPSA) is 49.4 Å². The molecular formula is C14H26N2O2S2. The molecule has 4 nitrogen and oxygen atoms in total. The van der Waals surface area contributed by atoms with Gasteiger partial charge in [-0.15, -0.1) is 11.3 Å². The van der Waals surface area contributed by atoms with Crippen LogP contribution in [0.3, 0.4) is 0 Å². The molecule has 1 rings (SSSR count). The van der Waals surface area contributed by atoms with Crippen molar-refractivity contribution in [2.45, 2.75) is 57.5 Å². The highest BCUT2D eigenvalue weighted by molar-refractivity contribution is 7.89. The standard InChI is InChI=1S/C14H26N2O2S2/c1-6-9-15-11-12-13(8-10-19-12)20(17,18)16(5)14(3,4)7-2/h8,10,15H,6-7,9,11H2,1-5H3. The van der Waals surface area contributed by atoms with Crippen LogP contribution in [0.15, 0.2) is 16.3 Å². The molecule has 1 heterocycles. The lowest BCUT2D eigenvalue weighted by atomic mass is 10.0. The molecule has 0 unspecified atom stereocenters. The Bertz CT molecular complexity index is 521. The summed E-state index contributed by atoms with van der Waals surface area (Å²) in [6, 6.07) is 1.71. The molecule has 0 aliphatic rings. The van der Waals surface area contributed by atoms with Crippen LogP contribution in [0, 0.1) is 0 Å². The number of rotatable bonds is 8. The largest absolute Gasteiger partial charge is 0.312 e. The second-order valence-corrected chi connectivity index (χ2v) is 8.46. The van der Waals surface area contributed by atoms with Crippen molar-refractivity contribution in [3.05, 3.63) is 16.3 Å². The minimum Gasteiger partial charge on any atom is -0.312 e. The normalized spacial score (nSPS) is 13.1. The Kier molecular flexibility index (Phi) is 6.19. The smallest absolute Gasteiger partial charge is 0.244 e. The Hall–Kier alpha value is -0.430. The molecule has 0 spiro atoms. The minimum atomic E-state index is -3.43. The number of hydrogen-bond acceptors (Lipinski definition) is 4. The molecule has 0 saturated heterocycles. The maximum atomic E-state index is 12.8. The van der Waals surface area contributed by atoms with Gasteiger partial charge in [-0.1, -0.05) is 13.8 Å². The summed E-state index contributed by atoms with van der Waals surface area (Å²) in [5, 5.41) is 5.12. The highest BCUT2D eigenvalue weighted by Gasteiger charge is 2.34. The van der Waals surface area contributed by atoms with Gasteiger partial charge in [-0.2, -0.15) is 4.31 Å². The van der Waals surface area contributed by atoms with Crippen molar-refractivity contribution in [2.75, 3.05) is 13.6 Å². The fourth-order valence-electron chi connectivity index (χ4n) is 1.76. The molecule has 0 aliphatic carbocycles. The zero-order valence-corrected chi connectivity index (χ0v) is 14.7. The number of thiophene rings is 1. The Morgan fingerprint density at radius 2 is 2.00 bits per heavy atom. The molecule has 0 radical (unpaired) electrons. The van der Waals surface area contributed by atoms with Crippen LogP contribution in [0.25, 0.3) is 0 Å². The second-order valence-electron chi connectivity index (χ2n) is 5.52. The third-order valence-electron chi connectivity index (χ3n) is 3.77.